The predicted octanol–water partition coefficient (Wildman–Crippen LogP) is 5.66. The first-order valence-corrected chi connectivity index (χ1v) is 10.2. The van der Waals surface area contributed by atoms with Crippen LogP contribution in [-0.2, 0) is 0 Å². The van der Waals surface area contributed by atoms with Crippen molar-refractivity contribution in [3.63, 3.8) is 0 Å². The van der Waals surface area contributed by atoms with E-state index in [-0.39, 0.29) is 5.91 Å². The summed E-state index contributed by atoms with van der Waals surface area (Å²) in [7, 11) is 0. The number of nitrogens with zero attached hydrogens (tertiary/aromatic N) is 2. The zero-order valence-electron chi connectivity index (χ0n) is 13.9. The van der Waals surface area contributed by atoms with Crippen LogP contribution in [0.1, 0.15) is 26.5 Å². The summed E-state index contributed by atoms with van der Waals surface area (Å²) < 4.78 is 1.09. The summed E-state index contributed by atoms with van der Waals surface area (Å²) in [6, 6.07) is 8.21. The van der Waals surface area contributed by atoms with Gasteiger partial charge in [0.2, 0.25) is 0 Å². The molecule has 4 aromatic rings. The summed E-state index contributed by atoms with van der Waals surface area (Å²) in [6.45, 7) is 5.98. The number of anilines is 1. The van der Waals surface area contributed by atoms with E-state index >= 15 is 0 Å². The number of fused-ring (bicyclic) bond motifs is 1. The molecule has 7 heteroatoms. The number of benzene rings is 1. The fourth-order valence-electron chi connectivity index (χ4n) is 2.69. The molecule has 1 N–H and O–H groups in total. The predicted molar refractivity (Wildman–Crippen MR) is 107 cm³/mol. The Morgan fingerprint density at radius 2 is 1.96 bits per heavy atom. The number of aromatic nitrogens is 2. The number of hydrogen-bond acceptors (Lipinski definition) is 6. The summed E-state index contributed by atoms with van der Waals surface area (Å²) in [6.07, 6.45) is 0. The van der Waals surface area contributed by atoms with Crippen LogP contribution in [0.15, 0.2) is 29.6 Å². The molecule has 0 atom stereocenters. The number of rotatable bonds is 3. The van der Waals surface area contributed by atoms with E-state index < -0.39 is 0 Å². The highest BCUT2D eigenvalue weighted by Crippen LogP contribution is 2.33. The third-order valence-corrected chi connectivity index (χ3v) is 6.90. The van der Waals surface area contributed by atoms with Crippen LogP contribution < -0.4 is 5.32 Å². The molecule has 0 spiro atoms. The Labute approximate surface area is 157 Å². The van der Waals surface area contributed by atoms with E-state index in [0.29, 0.717) is 10.0 Å². The first-order chi connectivity index (χ1) is 12.0. The summed E-state index contributed by atoms with van der Waals surface area (Å²) in [5, 5.41) is 6.45. The summed E-state index contributed by atoms with van der Waals surface area (Å²) >= 11 is 4.55. The molecule has 126 valence electrons. The van der Waals surface area contributed by atoms with Gasteiger partial charge >= 0.3 is 0 Å². The molecule has 1 amide bonds. The van der Waals surface area contributed by atoms with Crippen LogP contribution in [0.25, 0.3) is 20.1 Å². The van der Waals surface area contributed by atoms with Crippen LogP contribution in [0.3, 0.4) is 0 Å². The van der Waals surface area contributed by atoms with E-state index in [1.54, 1.807) is 11.3 Å². The number of amides is 1. The number of nitrogens with one attached hydrogen (secondary N) is 1. The van der Waals surface area contributed by atoms with Gasteiger partial charge in [0.15, 0.2) is 5.13 Å². The number of hydrogen-bond donors (Lipinski definition) is 1. The summed E-state index contributed by atoms with van der Waals surface area (Å²) in [5.41, 5.74) is 4.02. The van der Waals surface area contributed by atoms with Gasteiger partial charge in [-0.2, -0.15) is 0 Å². The maximum Gasteiger partial charge on any atom is 0.269 e. The first kappa shape index (κ1) is 16.4. The van der Waals surface area contributed by atoms with Gasteiger partial charge in [0.05, 0.1) is 20.8 Å². The third kappa shape index (κ3) is 3.10. The lowest BCUT2D eigenvalue weighted by Gasteiger charge is -1.98. The van der Waals surface area contributed by atoms with Gasteiger partial charge in [-0.1, -0.05) is 23.5 Å². The fraction of sp³-hybridized carbons (Fsp3) is 0.167. The van der Waals surface area contributed by atoms with E-state index in [2.05, 4.69) is 34.3 Å². The molecular weight excluding hydrogens is 370 g/mol. The maximum absolute atomic E-state index is 12.7. The molecule has 4 rings (SSSR count). The molecule has 25 heavy (non-hydrogen) atoms. The smallest absolute Gasteiger partial charge is 0.269 e. The van der Waals surface area contributed by atoms with Crippen LogP contribution >= 0.6 is 34.0 Å². The largest absolute Gasteiger partial charge is 0.297 e. The van der Waals surface area contributed by atoms with Gasteiger partial charge in [0.1, 0.15) is 9.88 Å². The van der Waals surface area contributed by atoms with Crippen LogP contribution in [0.5, 0.6) is 0 Å². The molecule has 1 aromatic carbocycles. The zero-order valence-corrected chi connectivity index (χ0v) is 16.4. The van der Waals surface area contributed by atoms with E-state index in [9.17, 15) is 4.79 Å². The third-order valence-electron chi connectivity index (χ3n) is 3.79. The average molecular weight is 386 g/mol. The Bertz CT molecular complexity index is 1080. The maximum atomic E-state index is 12.7. The van der Waals surface area contributed by atoms with Crippen molar-refractivity contribution in [1.82, 2.24) is 9.97 Å². The van der Waals surface area contributed by atoms with Crippen LogP contribution in [0, 0.1) is 20.8 Å². The monoisotopic (exact) mass is 385 g/mol. The van der Waals surface area contributed by atoms with E-state index in [1.165, 1.54) is 28.2 Å². The Hall–Kier alpha value is -2.09. The highest BCUT2D eigenvalue weighted by atomic mass is 32.1. The summed E-state index contributed by atoms with van der Waals surface area (Å²) in [4.78, 5) is 23.5. The van der Waals surface area contributed by atoms with Crippen molar-refractivity contribution in [3.05, 3.63) is 51.3 Å². The number of thiophene rings is 1. The molecule has 3 aromatic heterocycles. The quantitative estimate of drug-likeness (QED) is 0.495. The molecule has 0 saturated heterocycles. The highest BCUT2D eigenvalue weighted by molar-refractivity contribution is 7.23. The van der Waals surface area contributed by atoms with Gasteiger partial charge in [-0.25, -0.2) is 9.97 Å². The minimum atomic E-state index is -0.147. The number of aryl methyl sites for hydroxylation is 3. The second kappa shape index (κ2) is 6.33. The lowest BCUT2D eigenvalue weighted by molar-refractivity contribution is 0.103. The molecular formula is C18H15N3OS3. The lowest BCUT2D eigenvalue weighted by atomic mass is 10.1. The van der Waals surface area contributed by atoms with Crippen molar-refractivity contribution in [1.29, 1.82) is 0 Å². The van der Waals surface area contributed by atoms with Crippen molar-refractivity contribution < 1.29 is 4.79 Å². The zero-order chi connectivity index (χ0) is 17.6. The van der Waals surface area contributed by atoms with Crippen molar-refractivity contribution in [2.24, 2.45) is 0 Å². The van der Waals surface area contributed by atoms with Crippen molar-refractivity contribution in [3.8, 4) is 9.88 Å². The molecule has 0 bridgehead atoms. The number of carbonyl (C=O) groups excluding carboxylic acids is 1. The van der Waals surface area contributed by atoms with Crippen LogP contribution in [0.4, 0.5) is 5.13 Å². The van der Waals surface area contributed by atoms with Crippen molar-refractivity contribution >= 4 is 55.3 Å². The molecule has 0 fully saturated rings. The molecule has 0 aliphatic rings. The minimum absolute atomic E-state index is 0.147. The lowest BCUT2D eigenvalue weighted by Crippen LogP contribution is -2.11. The molecule has 0 radical (unpaired) electrons. The van der Waals surface area contributed by atoms with Crippen LogP contribution in [-0.4, -0.2) is 15.9 Å². The van der Waals surface area contributed by atoms with Gasteiger partial charge in [-0.3, -0.25) is 10.1 Å². The van der Waals surface area contributed by atoms with Gasteiger partial charge in [-0.05, 0) is 49.4 Å². The number of carbonyl (C=O) groups is 1. The average Bonchev–Trinajstić information content (AvgIpc) is 3.25. The second-order valence-corrected chi connectivity index (χ2v) is 8.79. The van der Waals surface area contributed by atoms with Gasteiger partial charge < -0.3 is 0 Å². The van der Waals surface area contributed by atoms with E-state index in [0.717, 1.165) is 31.4 Å². The molecule has 0 unspecified atom stereocenters. The van der Waals surface area contributed by atoms with Gasteiger partial charge in [0.25, 0.3) is 5.91 Å². The van der Waals surface area contributed by atoms with Gasteiger partial charge in [0, 0.05) is 0 Å². The standard InChI is InChI=1S/C18H15N3OS3/c1-9-7-10(2)14-13(8-9)24-18(20-14)21-16(22)15-11(3)19-17(25-15)12-5-4-6-23-12/h4-8H,1-3H3,(H,20,21,22). The topological polar surface area (TPSA) is 54.9 Å². The Morgan fingerprint density at radius 1 is 1.12 bits per heavy atom. The fourth-order valence-corrected chi connectivity index (χ4v) is 5.49. The Kier molecular flexibility index (Phi) is 4.15. The first-order valence-electron chi connectivity index (χ1n) is 7.71. The number of thiazole rings is 2. The van der Waals surface area contributed by atoms with E-state index in [1.807, 2.05) is 31.4 Å². The minimum Gasteiger partial charge on any atom is -0.297 e. The Balaban J connectivity index is 1.63. The normalized spacial score (nSPS) is 11.2. The molecule has 0 aliphatic heterocycles. The Morgan fingerprint density at radius 3 is 2.72 bits per heavy atom. The highest BCUT2D eigenvalue weighted by Gasteiger charge is 2.18. The SMILES string of the molecule is Cc1cc(C)c2nc(NC(=O)c3sc(-c4cccs4)nc3C)sc2c1. The van der Waals surface area contributed by atoms with Crippen LogP contribution in [0.2, 0.25) is 0 Å². The van der Waals surface area contributed by atoms with E-state index in [4.69, 9.17) is 0 Å². The van der Waals surface area contributed by atoms with Crippen molar-refractivity contribution in [2.45, 2.75) is 20.8 Å². The molecule has 0 saturated carbocycles. The second-order valence-electron chi connectivity index (χ2n) is 5.81. The van der Waals surface area contributed by atoms with Crippen molar-refractivity contribution in [2.75, 3.05) is 5.32 Å². The van der Waals surface area contributed by atoms with Gasteiger partial charge in [-0.15, -0.1) is 22.7 Å². The molecule has 0 aliphatic carbocycles. The summed E-state index contributed by atoms with van der Waals surface area (Å²) in [5.74, 6) is -0.147. The molecule has 3 heterocycles. The molecule has 4 nitrogen and oxygen atoms in total.